The molecule has 0 amide bonds. The highest BCUT2D eigenvalue weighted by atomic mass is 127. The molecular weight excluding hydrogens is 435 g/mol. The van der Waals surface area contributed by atoms with Gasteiger partial charge in [-0.05, 0) is 49.1 Å². The summed E-state index contributed by atoms with van der Waals surface area (Å²) in [7, 11) is 0. The number of aliphatic imine (C=N–C) groups is 1. The van der Waals surface area contributed by atoms with Gasteiger partial charge in [0.2, 0.25) is 0 Å². The number of pyridine rings is 1. The zero-order chi connectivity index (χ0) is 16.5. The molecule has 2 aromatic rings. The average Bonchev–Trinajstić information content (AvgIpc) is 2.55. The lowest BCUT2D eigenvalue weighted by Crippen LogP contribution is -2.38. The Morgan fingerprint density at radius 2 is 1.96 bits per heavy atom. The molecule has 0 atom stereocenters. The fourth-order valence-corrected chi connectivity index (χ4v) is 2.43. The van der Waals surface area contributed by atoms with E-state index in [0.29, 0.717) is 6.54 Å². The van der Waals surface area contributed by atoms with Crippen LogP contribution in [0.2, 0.25) is 5.02 Å². The van der Waals surface area contributed by atoms with Crippen molar-refractivity contribution >= 4 is 41.5 Å². The van der Waals surface area contributed by atoms with E-state index in [-0.39, 0.29) is 24.0 Å². The third-order valence-corrected chi connectivity index (χ3v) is 3.90. The maximum atomic E-state index is 6.17. The lowest BCUT2D eigenvalue weighted by molar-refractivity contribution is 0.796. The van der Waals surface area contributed by atoms with E-state index in [4.69, 9.17) is 11.6 Å². The second-order valence-corrected chi connectivity index (χ2v) is 5.67. The molecule has 1 aromatic heterocycles. The maximum absolute atomic E-state index is 6.17. The number of guanidine groups is 1. The molecule has 24 heavy (non-hydrogen) atoms. The van der Waals surface area contributed by atoms with E-state index in [1.54, 1.807) is 0 Å². The maximum Gasteiger partial charge on any atom is 0.191 e. The summed E-state index contributed by atoms with van der Waals surface area (Å²) >= 11 is 6.17. The topological polar surface area (TPSA) is 49.3 Å². The summed E-state index contributed by atoms with van der Waals surface area (Å²) in [5.74, 6) is 0.805. The smallest absolute Gasteiger partial charge is 0.191 e. The first kappa shape index (κ1) is 20.7. The van der Waals surface area contributed by atoms with Crippen molar-refractivity contribution in [3.8, 4) is 0 Å². The summed E-state index contributed by atoms with van der Waals surface area (Å²) in [6.45, 7) is 6.34. The monoisotopic (exact) mass is 458 g/mol. The highest BCUT2D eigenvalue weighted by molar-refractivity contribution is 14.0. The normalized spacial score (nSPS) is 10.9. The SMILES string of the molecule is CCNC(=NCc1ccccc1Cl)NCCc1ccncc1C.I. The third kappa shape index (κ3) is 6.65. The summed E-state index contributed by atoms with van der Waals surface area (Å²) in [6, 6.07) is 9.85. The van der Waals surface area contributed by atoms with Crippen molar-refractivity contribution in [2.24, 2.45) is 4.99 Å². The zero-order valence-corrected chi connectivity index (χ0v) is 17.1. The Bertz CT molecular complexity index is 661. The lowest BCUT2D eigenvalue weighted by atomic mass is 10.1. The predicted octanol–water partition coefficient (Wildman–Crippen LogP) is 3.96. The van der Waals surface area contributed by atoms with Crippen molar-refractivity contribution in [1.29, 1.82) is 0 Å². The lowest BCUT2D eigenvalue weighted by Gasteiger charge is -2.12. The average molecular weight is 459 g/mol. The minimum absolute atomic E-state index is 0. The van der Waals surface area contributed by atoms with Crippen LogP contribution in [0.5, 0.6) is 0 Å². The van der Waals surface area contributed by atoms with Crippen molar-refractivity contribution in [1.82, 2.24) is 15.6 Å². The number of hydrogen-bond donors (Lipinski definition) is 2. The van der Waals surface area contributed by atoms with Gasteiger partial charge in [0, 0.05) is 30.5 Å². The zero-order valence-electron chi connectivity index (χ0n) is 14.1. The number of benzene rings is 1. The number of halogens is 2. The fourth-order valence-electron chi connectivity index (χ4n) is 2.23. The molecule has 0 saturated heterocycles. The van der Waals surface area contributed by atoms with Gasteiger partial charge < -0.3 is 10.6 Å². The second-order valence-electron chi connectivity index (χ2n) is 5.27. The van der Waals surface area contributed by atoms with Crippen LogP contribution in [-0.4, -0.2) is 24.0 Å². The van der Waals surface area contributed by atoms with Gasteiger partial charge >= 0.3 is 0 Å². The molecule has 0 unspecified atom stereocenters. The number of rotatable bonds is 6. The molecular formula is C18H24ClIN4. The molecule has 0 aliphatic rings. The molecule has 1 heterocycles. The number of aromatic nitrogens is 1. The molecule has 0 fully saturated rings. The van der Waals surface area contributed by atoms with E-state index in [0.717, 1.165) is 36.1 Å². The summed E-state index contributed by atoms with van der Waals surface area (Å²) in [6.07, 6.45) is 4.66. The Labute approximate surface area is 166 Å². The summed E-state index contributed by atoms with van der Waals surface area (Å²) in [5.41, 5.74) is 3.54. The van der Waals surface area contributed by atoms with Crippen LogP contribution in [-0.2, 0) is 13.0 Å². The van der Waals surface area contributed by atoms with Crippen molar-refractivity contribution < 1.29 is 0 Å². The van der Waals surface area contributed by atoms with Crippen LogP contribution in [0.25, 0.3) is 0 Å². The predicted molar refractivity (Wildman–Crippen MR) is 112 cm³/mol. The molecule has 0 spiro atoms. The van der Waals surface area contributed by atoms with E-state index in [2.05, 4.69) is 40.5 Å². The van der Waals surface area contributed by atoms with Crippen LogP contribution in [0.1, 0.15) is 23.6 Å². The van der Waals surface area contributed by atoms with Crippen LogP contribution >= 0.6 is 35.6 Å². The van der Waals surface area contributed by atoms with E-state index in [9.17, 15) is 0 Å². The van der Waals surface area contributed by atoms with Crippen molar-refractivity contribution in [3.05, 3.63) is 64.4 Å². The Hall–Kier alpha value is -1.34. The summed E-state index contributed by atoms with van der Waals surface area (Å²) in [5, 5.41) is 7.37. The molecule has 6 heteroatoms. The number of nitrogens with zero attached hydrogens (tertiary/aromatic N) is 2. The molecule has 0 saturated carbocycles. The van der Waals surface area contributed by atoms with Gasteiger partial charge in [0.05, 0.1) is 6.54 Å². The van der Waals surface area contributed by atoms with Crippen molar-refractivity contribution in [2.45, 2.75) is 26.8 Å². The summed E-state index contributed by atoms with van der Waals surface area (Å²) < 4.78 is 0. The first-order valence-corrected chi connectivity index (χ1v) is 8.23. The number of aryl methyl sites for hydroxylation is 1. The van der Waals surface area contributed by atoms with Gasteiger partial charge in [0.1, 0.15) is 0 Å². The van der Waals surface area contributed by atoms with Gasteiger partial charge in [0.15, 0.2) is 5.96 Å². The van der Waals surface area contributed by atoms with E-state index in [1.807, 2.05) is 36.7 Å². The molecule has 0 bridgehead atoms. The van der Waals surface area contributed by atoms with Crippen molar-refractivity contribution in [2.75, 3.05) is 13.1 Å². The molecule has 2 N–H and O–H groups in total. The first-order valence-electron chi connectivity index (χ1n) is 7.85. The number of hydrogen-bond acceptors (Lipinski definition) is 2. The van der Waals surface area contributed by atoms with Crippen LogP contribution in [0.3, 0.4) is 0 Å². The van der Waals surface area contributed by atoms with E-state index in [1.165, 1.54) is 11.1 Å². The highest BCUT2D eigenvalue weighted by Crippen LogP contribution is 2.15. The molecule has 1 aromatic carbocycles. The van der Waals surface area contributed by atoms with Crippen LogP contribution in [0.15, 0.2) is 47.7 Å². The molecule has 130 valence electrons. The molecule has 4 nitrogen and oxygen atoms in total. The van der Waals surface area contributed by atoms with E-state index >= 15 is 0 Å². The van der Waals surface area contributed by atoms with Gasteiger partial charge in [-0.1, -0.05) is 29.8 Å². The Balaban J connectivity index is 0.00000288. The largest absolute Gasteiger partial charge is 0.357 e. The first-order chi connectivity index (χ1) is 11.2. The van der Waals surface area contributed by atoms with Gasteiger partial charge in [-0.2, -0.15) is 0 Å². The Kier molecular flexibility index (Phi) is 9.71. The molecule has 0 radical (unpaired) electrons. The number of nitrogens with one attached hydrogen (secondary N) is 2. The Morgan fingerprint density at radius 1 is 1.17 bits per heavy atom. The van der Waals surface area contributed by atoms with Gasteiger partial charge in [0.25, 0.3) is 0 Å². The van der Waals surface area contributed by atoms with Crippen LogP contribution in [0.4, 0.5) is 0 Å². The van der Waals surface area contributed by atoms with Crippen LogP contribution in [0, 0.1) is 6.92 Å². The molecule has 0 aliphatic heterocycles. The summed E-state index contributed by atoms with van der Waals surface area (Å²) in [4.78, 5) is 8.72. The quantitative estimate of drug-likeness (QED) is 0.391. The fraction of sp³-hybridized carbons (Fsp3) is 0.333. The minimum Gasteiger partial charge on any atom is -0.357 e. The van der Waals surface area contributed by atoms with Gasteiger partial charge in [-0.25, -0.2) is 4.99 Å². The highest BCUT2D eigenvalue weighted by Gasteiger charge is 2.02. The van der Waals surface area contributed by atoms with Gasteiger partial charge in [-0.15, -0.1) is 24.0 Å². The second kappa shape index (κ2) is 11.3. The molecule has 0 aliphatic carbocycles. The van der Waals surface area contributed by atoms with E-state index < -0.39 is 0 Å². The Morgan fingerprint density at radius 3 is 2.67 bits per heavy atom. The van der Waals surface area contributed by atoms with Crippen molar-refractivity contribution in [3.63, 3.8) is 0 Å². The standard InChI is InChI=1S/C18H23ClN4.HI/c1-3-21-18(23-13-16-6-4-5-7-17(16)19)22-11-9-15-8-10-20-12-14(15)2;/h4-8,10,12H,3,9,11,13H2,1-2H3,(H2,21,22,23);1H. The minimum atomic E-state index is 0. The third-order valence-electron chi connectivity index (χ3n) is 3.53. The molecule has 2 rings (SSSR count). The van der Waals surface area contributed by atoms with Crippen LogP contribution < -0.4 is 10.6 Å². The van der Waals surface area contributed by atoms with Gasteiger partial charge in [-0.3, -0.25) is 4.98 Å².